The molecule has 0 saturated carbocycles. The van der Waals surface area contributed by atoms with Crippen molar-refractivity contribution in [1.29, 1.82) is 0 Å². The van der Waals surface area contributed by atoms with Crippen LogP contribution in [0, 0.1) is 11.7 Å². The third-order valence-electron chi connectivity index (χ3n) is 3.34. The molecule has 1 amide bonds. The van der Waals surface area contributed by atoms with Gasteiger partial charge in [-0.15, -0.1) is 0 Å². The fraction of sp³-hybridized carbons (Fsp3) is 0.643. The number of imidazole rings is 1. The third-order valence-corrected chi connectivity index (χ3v) is 3.64. The molecule has 6 nitrogen and oxygen atoms in total. The molecule has 2 aromatic rings. The Kier molecular flexibility index (Phi) is 3.97. The highest BCUT2D eigenvalue weighted by Crippen LogP contribution is 2.22. The Labute approximate surface area is 129 Å². The molecule has 0 aliphatic heterocycles. The van der Waals surface area contributed by atoms with Crippen LogP contribution in [0.1, 0.15) is 46.4 Å². The summed E-state index contributed by atoms with van der Waals surface area (Å²) in [4.78, 5) is 15.6. The molecule has 0 fully saturated rings. The number of amides is 1. The first-order valence-corrected chi connectivity index (χ1v) is 7.56. The van der Waals surface area contributed by atoms with Crippen LogP contribution in [0.25, 0.3) is 11.2 Å². The Morgan fingerprint density at radius 2 is 2.10 bits per heavy atom. The van der Waals surface area contributed by atoms with Crippen molar-refractivity contribution < 1.29 is 4.79 Å². The van der Waals surface area contributed by atoms with E-state index in [2.05, 4.69) is 15.4 Å². The van der Waals surface area contributed by atoms with E-state index in [9.17, 15) is 4.79 Å². The largest absolute Gasteiger partial charge is 0.350 e. The van der Waals surface area contributed by atoms with Crippen LogP contribution in [0.3, 0.4) is 0 Å². The molecule has 2 rings (SSSR count). The maximum absolute atomic E-state index is 12.4. The summed E-state index contributed by atoms with van der Waals surface area (Å²) in [5.41, 5.74) is 2.39. The Hall–Kier alpha value is -1.63. The number of carbonyl (C=O) groups excluding carboxylic acids is 1. The summed E-state index contributed by atoms with van der Waals surface area (Å²) >= 11 is 5.40. The van der Waals surface area contributed by atoms with Crippen molar-refractivity contribution in [3.63, 3.8) is 0 Å². The van der Waals surface area contributed by atoms with Gasteiger partial charge in [-0.1, -0.05) is 0 Å². The van der Waals surface area contributed by atoms with Gasteiger partial charge in [0.25, 0.3) is 0 Å². The van der Waals surface area contributed by atoms with Gasteiger partial charge in [0.05, 0.1) is 5.69 Å². The number of hydrogen-bond donors (Lipinski definition) is 2. The van der Waals surface area contributed by atoms with Crippen LogP contribution in [0.5, 0.6) is 0 Å². The van der Waals surface area contributed by atoms with Crippen molar-refractivity contribution in [2.24, 2.45) is 0 Å². The molecule has 0 spiro atoms. The average molecular weight is 309 g/mol. The third kappa shape index (κ3) is 2.88. The van der Waals surface area contributed by atoms with Gasteiger partial charge in [0.2, 0.25) is 5.91 Å². The van der Waals surface area contributed by atoms with Gasteiger partial charge in [-0.05, 0) is 53.8 Å². The van der Waals surface area contributed by atoms with Gasteiger partial charge < -0.3 is 10.3 Å². The lowest BCUT2D eigenvalue weighted by molar-refractivity contribution is -0.125. The van der Waals surface area contributed by atoms with Gasteiger partial charge in [-0.2, -0.15) is 5.10 Å². The molecule has 1 atom stereocenters. The molecule has 0 aromatic carbocycles. The van der Waals surface area contributed by atoms with Crippen molar-refractivity contribution in [3.05, 3.63) is 10.5 Å². The van der Waals surface area contributed by atoms with E-state index in [1.54, 1.807) is 0 Å². The Bertz CT molecular complexity index is 731. The summed E-state index contributed by atoms with van der Waals surface area (Å²) in [6, 6.07) is -0.396. The molecule has 0 aliphatic carbocycles. The van der Waals surface area contributed by atoms with Crippen molar-refractivity contribution >= 4 is 29.3 Å². The maximum Gasteiger partial charge on any atom is 0.243 e. The number of aromatic amines is 1. The fourth-order valence-electron chi connectivity index (χ4n) is 2.39. The first-order valence-electron chi connectivity index (χ1n) is 7.15. The Morgan fingerprint density at radius 1 is 1.48 bits per heavy atom. The smallest absolute Gasteiger partial charge is 0.243 e. The van der Waals surface area contributed by atoms with Crippen molar-refractivity contribution in [1.82, 2.24) is 24.6 Å². The zero-order valence-corrected chi connectivity index (χ0v) is 14.3. The minimum Gasteiger partial charge on any atom is -0.350 e. The summed E-state index contributed by atoms with van der Waals surface area (Å²) in [5.74, 6) is -0.0546. The zero-order valence-electron chi connectivity index (χ0n) is 13.4. The second-order valence-corrected chi connectivity index (χ2v) is 6.70. The highest BCUT2D eigenvalue weighted by atomic mass is 32.1. The quantitative estimate of drug-likeness (QED) is 0.857. The number of hydrogen-bond acceptors (Lipinski definition) is 3. The highest BCUT2D eigenvalue weighted by Gasteiger charge is 2.25. The van der Waals surface area contributed by atoms with E-state index in [1.807, 2.05) is 50.8 Å². The van der Waals surface area contributed by atoms with Crippen molar-refractivity contribution in [3.8, 4) is 0 Å². The lowest BCUT2D eigenvalue weighted by atomic mass is 10.1. The van der Waals surface area contributed by atoms with E-state index in [1.165, 1.54) is 0 Å². The maximum atomic E-state index is 12.4. The number of H-pyrrole nitrogens is 1. The van der Waals surface area contributed by atoms with Gasteiger partial charge in [-0.25, -0.2) is 4.68 Å². The molecular weight excluding hydrogens is 286 g/mol. The van der Waals surface area contributed by atoms with Crippen molar-refractivity contribution in [2.75, 3.05) is 0 Å². The van der Waals surface area contributed by atoms with E-state index in [4.69, 9.17) is 12.2 Å². The Morgan fingerprint density at radius 3 is 2.62 bits per heavy atom. The second kappa shape index (κ2) is 5.29. The average Bonchev–Trinajstić information content (AvgIpc) is 2.83. The fourth-order valence-corrected chi connectivity index (χ4v) is 2.74. The van der Waals surface area contributed by atoms with Crippen LogP contribution < -0.4 is 5.32 Å². The molecule has 116 valence electrons. The van der Waals surface area contributed by atoms with Gasteiger partial charge in [0, 0.05) is 12.1 Å². The lowest BCUT2D eigenvalue weighted by Crippen LogP contribution is -2.43. The summed E-state index contributed by atoms with van der Waals surface area (Å²) < 4.78 is 4.26. The van der Waals surface area contributed by atoms with E-state index in [-0.39, 0.29) is 11.4 Å². The van der Waals surface area contributed by atoms with Gasteiger partial charge in [-0.3, -0.25) is 9.36 Å². The molecule has 0 bridgehead atoms. The number of carbonyl (C=O) groups is 1. The van der Waals surface area contributed by atoms with E-state index in [0.717, 1.165) is 23.4 Å². The van der Waals surface area contributed by atoms with E-state index >= 15 is 0 Å². The van der Waals surface area contributed by atoms with E-state index < -0.39 is 6.04 Å². The monoisotopic (exact) mass is 309 g/mol. The van der Waals surface area contributed by atoms with E-state index in [0.29, 0.717) is 4.77 Å². The van der Waals surface area contributed by atoms with Crippen LogP contribution in [0.2, 0.25) is 0 Å². The summed E-state index contributed by atoms with van der Waals surface area (Å²) in [7, 11) is 0. The molecule has 7 heteroatoms. The summed E-state index contributed by atoms with van der Waals surface area (Å²) in [6.07, 6.45) is 0. The lowest BCUT2D eigenvalue weighted by Gasteiger charge is -2.24. The predicted octanol–water partition coefficient (Wildman–Crippen LogP) is 2.70. The minimum absolute atomic E-state index is 0.0546. The number of nitrogens with one attached hydrogen (secondary N) is 2. The number of rotatable bonds is 3. The SMILES string of the molecule is CCn1nc(C)c2[nH]c(=S)n(C(C)C(=O)NC(C)(C)C)c21. The molecule has 2 N–H and O–H groups in total. The normalized spacial score (nSPS) is 13.6. The number of fused-ring (bicyclic) bond motifs is 1. The topological polar surface area (TPSA) is 67.6 Å². The van der Waals surface area contributed by atoms with Gasteiger partial charge in [0.1, 0.15) is 11.6 Å². The first-order chi connectivity index (χ1) is 9.65. The van der Waals surface area contributed by atoms with Crippen LogP contribution in [0.4, 0.5) is 0 Å². The van der Waals surface area contributed by atoms with Crippen molar-refractivity contribution in [2.45, 2.75) is 59.7 Å². The molecule has 1 unspecified atom stereocenters. The first kappa shape index (κ1) is 15.8. The number of aromatic nitrogens is 4. The van der Waals surface area contributed by atoms with Crippen LogP contribution in [0.15, 0.2) is 0 Å². The summed E-state index contributed by atoms with van der Waals surface area (Å²) in [5, 5.41) is 7.47. The van der Waals surface area contributed by atoms with Gasteiger partial charge in [0.15, 0.2) is 10.4 Å². The second-order valence-electron chi connectivity index (χ2n) is 6.32. The molecule has 2 aromatic heterocycles. The van der Waals surface area contributed by atoms with Crippen LogP contribution in [-0.4, -0.2) is 30.8 Å². The predicted molar refractivity (Wildman–Crippen MR) is 85.9 cm³/mol. The standard InChI is InChI=1S/C14H23N5OS/c1-7-18-12-10(8(2)17-18)15-13(21)19(12)9(3)11(20)16-14(4,5)6/h9H,7H2,1-6H3,(H,15,21)(H,16,20). The zero-order chi connectivity index (χ0) is 15.9. The van der Waals surface area contributed by atoms with Crippen LogP contribution in [-0.2, 0) is 11.3 Å². The van der Waals surface area contributed by atoms with Crippen LogP contribution >= 0.6 is 12.2 Å². The minimum atomic E-state index is -0.396. The number of nitrogens with zero attached hydrogens (tertiary/aromatic N) is 3. The Balaban J connectivity index is 2.53. The number of aryl methyl sites for hydroxylation is 2. The molecular formula is C14H23N5OS. The molecule has 0 saturated heterocycles. The molecule has 21 heavy (non-hydrogen) atoms. The molecule has 0 radical (unpaired) electrons. The summed E-state index contributed by atoms with van der Waals surface area (Å²) in [6.45, 7) is 12.4. The molecule has 0 aliphatic rings. The van der Waals surface area contributed by atoms with Gasteiger partial charge >= 0.3 is 0 Å². The molecule has 2 heterocycles. The highest BCUT2D eigenvalue weighted by molar-refractivity contribution is 7.71.